The Kier molecular flexibility index (Phi) is 7.16. The molecule has 42 heavy (non-hydrogen) atoms. The fraction of sp³-hybridized carbons (Fsp3) is 0.438. The van der Waals surface area contributed by atoms with Crippen LogP contribution < -0.4 is 0 Å². The Hall–Kier alpha value is -4.34. The van der Waals surface area contributed by atoms with Gasteiger partial charge in [0.25, 0.3) is 0 Å². The first-order valence-electron chi connectivity index (χ1n) is 14.5. The molecule has 3 aromatic rings. The molecule has 1 N–H and O–H groups in total. The van der Waals surface area contributed by atoms with Gasteiger partial charge < -0.3 is 24.4 Å². The summed E-state index contributed by atoms with van der Waals surface area (Å²) in [6.45, 7) is 7.10. The van der Waals surface area contributed by atoms with E-state index in [1.165, 1.54) is 27.2 Å². The number of carbonyl (C=O) groups is 3. The van der Waals surface area contributed by atoms with Gasteiger partial charge in [-0.25, -0.2) is 14.4 Å². The maximum absolute atomic E-state index is 13.1. The minimum atomic E-state index is -1.08. The number of nitrogens with zero attached hydrogens (tertiary/aromatic N) is 4. The monoisotopic (exact) mass is 572 g/mol. The number of likely N-dealkylation sites (tertiary alicyclic amines) is 1. The van der Waals surface area contributed by atoms with Gasteiger partial charge in [-0.05, 0) is 55.9 Å². The summed E-state index contributed by atoms with van der Waals surface area (Å²) < 4.78 is 12.9. The van der Waals surface area contributed by atoms with E-state index >= 15 is 0 Å². The zero-order valence-electron chi connectivity index (χ0n) is 24.2. The minimum Gasteiger partial charge on any atom is -0.477 e. The lowest BCUT2D eigenvalue weighted by Crippen LogP contribution is -2.40. The predicted octanol–water partition coefficient (Wildman–Crippen LogP) is 5.46. The van der Waals surface area contributed by atoms with Crippen molar-refractivity contribution in [2.24, 2.45) is 0 Å². The smallest absolute Gasteiger partial charge is 0.410 e. The van der Waals surface area contributed by atoms with Crippen molar-refractivity contribution in [3.63, 3.8) is 0 Å². The maximum Gasteiger partial charge on any atom is 0.410 e. The third-order valence-corrected chi connectivity index (χ3v) is 8.32. The highest BCUT2D eigenvalue weighted by atomic mass is 16.6. The van der Waals surface area contributed by atoms with E-state index in [0.717, 1.165) is 0 Å². The molecule has 10 heteroatoms. The highest BCUT2D eigenvalue weighted by Gasteiger charge is 2.36. The summed E-state index contributed by atoms with van der Waals surface area (Å²) >= 11 is 0. The van der Waals surface area contributed by atoms with E-state index in [9.17, 15) is 19.5 Å². The molecule has 0 spiro atoms. The van der Waals surface area contributed by atoms with Crippen LogP contribution in [0.5, 0.6) is 0 Å². The van der Waals surface area contributed by atoms with Crippen molar-refractivity contribution in [2.45, 2.75) is 64.1 Å². The Morgan fingerprint density at radius 1 is 0.905 bits per heavy atom. The Bertz CT molecular complexity index is 1490. The third-order valence-electron chi connectivity index (χ3n) is 8.32. The SMILES string of the molecule is CC(C)(C)OC(=O)N1CCc2nn(C3CCN(C(=O)OCC4c5ccccc5-c5ccccc54)CC3)c(C(=O)O)c2C1. The van der Waals surface area contributed by atoms with Crippen molar-refractivity contribution in [2.75, 3.05) is 26.2 Å². The molecule has 0 saturated carbocycles. The number of hydrogen-bond acceptors (Lipinski definition) is 6. The summed E-state index contributed by atoms with van der Waals surface area (Å²) in [6.07, 6.45) is 0.748. The van der Waals surface area contributed by atoms with E-state index in [2.05, 4.69) is 29.4 Å². The second-order valence-corrected chi connectivity index (χ2v) is 12.2. The van der Waals surface area contributed by atoms with Crippen LogP contribution in [0, 0.1) is 0 Å². The number of carboxylic acid groups (broad SMARTS) is 1. The summed E-state index contributed by atoms with van der Waals surface area (Å²) in [6, 6.07) is 16.3. The number of fused-ring (bicyclic) bond motifs is 4. The molecule has 3 heterocycles. The quantitative estimate of drug-likeness (QED) is 0.442. The van der Waals surface area contributed by atoms with Crippen molar-refractivity contribution < 1.29 is 29.0 Å². The number of benzene rings is 2. The Labute approximate surface area is 244 Å². The standard InChI is InChI=1S/C32H36N4O6/c1-32(2,3)42-31(40)35-17-14-27-25(18-35)28(29(37)38)36(33-27)20-12-15-34(16-13-20)30(39)41-19-26-23-10-6-4-8-21(23)22-9-5-7-11-24(22)26/h4-11,20,26H,12-19H2,1-3H3,(H,37,38). The molecule has 1 aliphatic carbocycles. The lowest BCUT2D eigenvalue weighted by molar-refractivity contribution is 0.0221. The fourth-order valence-electron chi connectivity index (χ4n) is 6.35. The number of aromatic carboxylic acids is 1. The van der Waals surface area contributed by atoms with Gasteiger partial charge in [0.2, 0.25) is 0 Å². The molecule has 1 fully saturated rings. The van der Waals surface area contributed by atoms with E-state index in [-0.39, 0.29) is 36.9 Å². The van der Waals surface area contributed by atoms with E-state index in [4.69, 9.17) is 9.47 Å². The van der Waals surface area contributed by atoms with E-state index < -0.39 is 17.7 Å². The summed E-state index contributed by atoms with van der Waals surface area (Å²) in [5, 5.41) is 14.8. The van der Waals surface area contributed by atoms with Gasteiger partial charge >= 0.3 is 18.2 Å². The van der Waals surface area contributed by atoms with Crippen molar-refractivity contribution in [1.82, 2.24) is 19.6 Å². The molecule has 0 atom stereocenters. The molecule has 3 aliphatic rings. The van der Waals surface area contributed by atoms with Gasteiger partial charge in [0.05, 0.1) is 18.3 Å². The molecular weight excluding hydrogens is 536 g/mol. The number of amides is 2. The molecule has 10 nitrogen and oxygen atoms in total. The largest absolute Gasteiger partial charge is 0.477 e. The number of aromatic nitrogens is 2. The second kappa shape index (κ2) is 10.8. The Balaban J connectivity index is 1.10. The number of ether oxygens (including phenoxy) is 2. The zero-order valence-corrected chi connectivity index (χ0v) is 24.2. The predicted molar refractivity (Wildman–Crippen MR) is 154 cm³/mol. The van der Waals surface area contributed by atoms with Crippen molar-refractivity contribution in [3.05, 3.63) is 76.6 Å². The van der Waals surface area contributed by atoms with Crippen LogP contribution in [0.1, 0.15) is 78.4 Å². The highest BCUT2D eigenvalue weighted by molar-refractivity contribution is 5.88. The minimum absolute atomic E-state index is 0.00680. The fourth-order valence-corrected chi connectivity index (χ4v) is 6.35. The van der Waals surface area contributed by atoms with Gasteiger partial charge in [0, 0.05) is 37.5 Å². The van der Waals surface area contributed by atoms with Gasteiger partial charge in [0.1, 0.15) is 12.2 Å². The Morgan fingerprint density at radius 2 is 1.52 bits per heavy atom. The molecule has 0 radical (unpaired) electrons. The molecule has 0 unspecified atom stereocenters. The van der Waals surface area contributed by atoms with Gasteiger partial charge in [-0.15, -0.1) is 0 Å². The van der Waals surface area contributed by atoms with Gasteiger partial charge in [-0.2, -0.15) is 5.10 Å². The molecule has 6 rings (SSSR count). The van der Waals surface area contributed by atoms with Gasteiger partial charge in [-0.3, -0.25) is 4.68 Å². The molecule has 1 saturated heterocycles. The van der Waals surface area contributed by atoms with Crippen LogP contribution >= 0.6 is 0 Å². The number of carbonyl (C=O) groups excluding carboxylic acids is 2. The third kappa shape index (κ3) is 5.21. The van der Waals surface area contributed by atoms with Crippen molar-refractivity contribution in [3.8, 4) is 11.1 Å². The first-order chi connectivity index (χ1) is 20.1. The second-order valence-electron chi connectivity index (χ2n) is 12.2. The first kappa shape index (κ1) is 27.8. The molecule has 2 amide bonds. The van der Waals surface area contributed by atoms with E-state index in [1.54, 1.807) is 30.4 Å². The zero-order chi connectivity index (χ0) is 29.6. The topological polar surface area (TPSA) is 114 Å². The van der Waals surface area contributed by atoms with Crippen LogP contribution in [-0.2, 0) is 22.4 Å². The normalized spacial score (nSPS) is 16.9. The molecule has 0 bridgehead atoms. The average molecular weight is 573 g/mol. The summed E-state index contributed by atoms with van der Waals surface area (Å²) in [7, 11) is 0. The summed E-state index contributed by atoms with van der Waals surface area (Å²) in [4.78, 5) is 41.4. The number of rotatable bonds is 4. The van der Waals surface area contributed by atoms with E-state index in [0.29, 0.717) is 50.2 Å². The maximum atomic E-state index is 13.1. The molecule has 2 aromatic carbocycles. The van der Waals surface area contributed by atoms with Crippen LogP contribution in [0.4, 0.5) is 9.59 Å². The van der Waals surface area contributed by atoms with Crippen LogP contribution in [0.2, 0.25) is 0 Å². The van der Waals surface area contributed by atoms with Crippen LogP contribution in [-0.4, -0.2) is 74.7 Å². The molecule has 220 valence electrons. The number of piperidine rings is 1. The van der Waals surface area contributed by atoms with Gasteiger partial charge in [0.15, 0.2) is 5.69 Å². The summed E-state index contributed by atoms with van der Waals surface area (Å²) in [5.41, 5.74) is 5.42. The lowest BCUT2D eigenvalue weighted by atomic mass is 9.98. The number of hydrogen-bond donors (Lipinski definition) is 1. The first-order valence-corrected chi connectivity index (χ1v) is 14.5. The van der Waals surface area contributed by atoms with Crippen LogP contribution in [0.15, 0.2) is 48.5 Å². The molecular formula is C32H36N4O6. The van der Waals surface area contributed by atoms with Gasteiger partial charge in [-0.1, -0.05) is 48.5 Å². The van der Waals surface area contributed by atoms with Crippen molar-refractivity contribution >= 4 is 18.2 Å². The van der Waals surface area contributed by atoms with Crippen LogP contribution in [0.25, 0.3) is 11.1 Å². The van der Waals surface area contributed by atoms with Crippen LogP contribution in [0.3, 0.4) is 0 Å². The average Bonchev–Trinajstić information content (AvgIpc) is 3.51. The number of carboxylic acids is 1. The van der Waals surface area contributed by atoms with Crippen molar-refractivity contribution in [1.29, 1.82) is 0 Å². The highest BCUT2D eigenvalue weighted by Crippen LogP contribution is 2.44. The molecule has 2 aliphatic heterocycles. The Morgan fingerprint density at radius 3 is 2.12 bits per heavy atom. The lowest BCUT2D eigenvalue weighted by Gasteiger charge is -2.32. The van der Waals surface area contributed by atoms with E-state index in [1.807, 2.05) is 24.3 Å². The molecule has 1 aromatic heterocycles. The summed E-state index contributed by atoms with van der Waals surface area (Å²) in [5.74, 6) is -1.08.